The lowest BCUT2D eigenvalue weighted by Gasteiger charge is -2.08. The van der Waals surface area contributed by atoms with Crippen LogP contribution in [0.5, 0.6) is 11.5 Å². The number of nitrogens with zero attached hydrogens (tertiary/aromatic N) is 1. The molecule has 0 atom stereocenters. The first-order chi connectivity index (χ1) is 8.65. The van der Waals surface area contributed by atoms with Gasteiger partial charge in [-0.3, -0.25) is 0 Å². The van der Waals surface area contributed by atoms with Crippen molar-refractivity contribution in [1.82, 2.24) is 4.98 Å². The van der Waals surface area contributed by atoms with E-state index in [1.165, 1.54) is 4.88 Å². The lowest BCUT2D eigenvalue weighted by Crippen LogP contribution is -1.90. The van der Waals surface area contributed by atoms with E-state index in [2.05, 4.69) is 18.8 Å². The minimum absolute atomic E-state index is 0.511. The summed E-state index contributed by atoms with van der Waals surface area (Å²) in [4.78, 5) is 5.75. The van der Waals surface area contributed by atoms with Crippen LogP contribution in [0, 0.1) is 0 Å². The molecule has 1 aromatic heterocycles. The number of thiazole rings is 1. The largest absolute Gasteiger partial charge is 0.493 e. The van der Waals surface area contributed by atoms with E-state index in [4.69, 9.17) is 9.47 Å². The van der Waals surface area contributed by atoms with Crippen LogP contribution in [0.15, 0.2) is 24.4 Å². The van der Waals surface area contributed by atoms with Crippen LogP contribution in [0.4, 0.5) is 0 Å². The summed E-state index contributed by atoms with van der Waals surface area (Å²) >= 11 is 1.72. The van der Waals surface area contributed by atoms with Crippen molar-refractivity contribution >= 4 is 11.3 Å². The van der Waals surface area contributed by atoms with E-state index in [1.807, 2.05) is 24.4 Å². The first-order valence-electron chi connectivity index (χ1n) is 5.83. The predicted octanol–water partition coefficient (Wildman–Crippen LogP) is 3.95. The third-order valence-electron chi connectivity index (χ3n) is 2.72. The molecule has 0 spiro atoms. The van der Waals surface area contributed by atoms with Gasteiger partial charge in [0, 0.05) is 16.6 Å². The van der Waals surface area contributed by atoms with Gasteiger partial charge in [0.25, 0.3) is 0 Å². The number of benzene rings is 1. The van der Waals surface area contributed by atoms with Crippen molar-refractivity contribution in [3.8, 4) is 22.1 Å². The van der Waals surface area contributed by atoms with E-state index in [1.54, 1.807) is 25.6 Å². The number of hydrogen-bond acceptors (Lipinski definition) is 4. The number of ether oxygens (including phenoxy) is 2. The molecule has 18 heavy (non-hydrogen) atoms. The third kappa shape index (κ3) is 2.48. The van der Waals surface area contributed by atoms with Crippen LogP contribution in [0.25, 0.3) is 10.6 Å². The summed E-state index contributed by atoms with van der Waals surface area (Å²) in [6, 6.07) is 5.87. The van der Waals surface area contributed by atoms with Gasteiger partial charge in [0.15, 0.2) is 11.5 Å². The summed E-state index contributed by atoms with van der Waals surface area (Å²) in [5.74, 6) is 1.98. The van der Waals surface area contributed by atoms with Crippen molar-refractivity contribution < 1.29 is 9.47 Å². The molecule has 1 heterocycles. The number of hydrogen-bond donors (Lipinski definition) is 0. The van der Waals surface area contributed by atoms with Crippen molar-refractivity contribution in [3.05, 3.63) is 29.3 Å². The molecule has 4 heteroatoms. The molecule has 96 valence electrons. The Labute approximate surface area is 111 Å². The van der Waals surface area contributed by atoms with Crippen LogP contribution < -0.4 is 9.47 Å². The second-order valence-corrected chi connectivity index (χ2v) is 5.35. The monoisotopic (exact) mass is 263 g/mol. The minimum atomic E-state index is 0.511. The Bertz CT molecular complexity index is 534. The zero-order valence-electron chi connectivity index (χ0n) is 11.1. The average molecular weight is 263 g/mol. The highest BCUT2D eigenvalue weighted by Crippen LogP contribution is 2.35. The Balaban J connectivity index is 2.38. The summed E-state index contributed by atoms with van der Waals surface area (Å²) in [5, 5.41) is 1.01. The molecule has 3 nitrogen and oxygen atoms in total. The normalized spacial score (nSPS) is 10.7. The van der Waals surface area contributed by atoms with E-state index < -0.39 is 0 Å². The van der Waals surface area contributed by atoms with Crippen LogP contribution in [0.3, 0.4) is 0 Å². The molecule has 0 radical (unpaired) electrons. The Hall–Kier alpha value is -1.55. The fraction of sp³-hybridized carbons (Fsp3) is 0.357. The molecule has 2 rings (SSSR count). The highest BCUT2D eigenvalue weighted by atomic mass is 32.1. The summed E-state index contributed by atoms with van der Waals surface area (Å²) in [7, 11) is 3.28. The molecule has 0 amide bonds. The molecule has 1 aromatic carbocycles. The van der Waals surface area contributed by atoms with E-state index in [0.717, 1.165) is 22.1 Å². The second-order valence-electron chi connectivity index (χ2n) is 4.29. The molecule has 0 aliphatic carbocycles. The maximum Gasteiger partial charge on any atom is 0.161 e. The molecular formula is C14H17NO2S. The van der Waals surface area contributed by atoms with Gasteiger partial charge in [-0.15, -0.1) is 11.3 Å². The maximum atomic E-state index is 5.30. The first-order valence-corrected chi connectivity index (χ1v) is 6.65. The van der Waals surface area contributed by atoms with Crippen molar-refractivity contribution in [2.45, 2.75) is 19.8 Å². The van der Waals surface area contributed by atoms with Crippen molar-refractivity contribution in [2.75, 3.05) is 14.2 Å². The molecule has 0 saturated heterocycles. The van der Waals surface area contributed by atoms with Crippen LogP contribution in [-0.4, -0.2) is 19.2 Å². The van der Waals surface area contributed by atoms with Gasteiger partial charge < -0.3 is 9.47 Å². The van der Waals surface area contributed by atoms with Crippen LogP contribution >= 0.6 is 11.3 Å². The molecule has 0 N–H and O–H groups in total. The molecule has 0 bridgehead atoms. The number of rotatable bonds is 4. The summed E-state index contributed by atoms with van der Waals surface area (Å²) < 4.78 is 10.5. The zero-order valence-corrected chi connectivity index (χ0v) is 11.9. The molecule has 0 fully saturated rings. The van der Waals surface area contributed by atoms with Crippen molar-refractivity contribution in [3.63, 3.8) is 0 Å². The molecule has 0 aliphatic rings. The van der Waals surface area contributed by atoms with Gasteiger partial charge in [-0.2, -0.15) is 0 Å². The summed E-state index contributed by atoms with van der Waals surface area (Å²) in [6.45, 7) is 4.35. The fourth-order valence-corrected chi connectivity index (χ4v) is 2.57. The zero-order chi connectivity index (χ0) is 13.1. The fourth-order valence-electron chi connectivity index (χ4n) is 1.66. The standard InChI is InChI=1S/C14H17NO2S/c1-9(2)13-8-15-14(18-13)10-5-6-11(16-3)12(7-10)17-4/h5-9H,1-4H3. The van der Waals surface area contributed by atoms with Crippen LogP contribution in [0.1, 0.15) is 24.6 Å². The lowest BCUT2D eigenvalue weighted by molar-refractivity contribution is 0.355. The Kier molecular flexibility index (Phi) is 3.87. The van der Waals surface area contributed by atoms with E-state index in [-0.39, 0.29) is 0 Å². The Morgan fingerprint density at radius 3 is 2.39 bits per heavy atom. The van der Waals surface area contributed by atoms with Crippen molar-refractivity contribution in [1.29, 1.82) is 0 Å². The molecular weight excluding hydrogens is 246 g/mol. The van der Waals surface area contributed by atoms with E-state index in [9.17, 15) is 0 Å². The summed E-state index contributed by atoms with van der Waals surface area (Å²) in [5.41, 5.74) is 1.06. The average Bonchev–Trinajstić information content (AvgIpc) is 2.87. The van der Waals surface area contributed by atoms with Gasteiger partial charge in [-0.25, -0.2) is 4.98 Å². The van der Waals surface area contributed by atoms with Crippen molar-refractivity contribution in [2.24, 2.45) is 0 Å². The van der Waals surface area contributed by atoms with Gasteiger partial charge in [0.2, 0.25) is 0 Å². The molecule has 2 aromatic rings. The van der Waals surface area contributed by atoms with Crippen LogP contribution in [0.2, 0.25) is 0 Å². The second kappa shape index (κ2) is 5.40. The smallest absolute Gasteiger partial charge is 0.161 e. The predicted molar refractivity (Wildman–Crippen MR) is 74.7 cm³/mol. The van der Waals surface area contributed by atoms with Gasteiger partial charge in [-0.1, -0.05) is 13.8 Å². The van der Waals surface area contributed by atoms with Gasteiger partial charge in [-0.05, 0) is 24.1 Å². The van der Waals surface area contributed by atoms with Gasteiger partial charge in [0.05, 0.1) is 14.2 Å². The van der Waals surface area contributed by atoms with Gasteiger partial charge >= 0.3 is 0 Å². The first kappa shape index (κ1) is 12.9. The third-order valence-corrected chi connectivity index (χ3v) is 4.07. The van der Waals surface area contributed by atoms with E-state index in [0.29, 0.717) is 5.92 Å². The molecule has 0 aliphatic heterocycles. The molecule has 0 unspecified atom stereocenters. The quantitative estimate of drug-likeness (QED) is 0.837. The highest BCUT2D eigenvalue weighted by molar-refractivity contribution is 7.15. The highest BCUT2D eigenvalue weighted by Gasteiger charge is 2.10. The SMILES string of the molecule is COc1ccc(-c2ncc(C(C)C)s2)cc1OC. The Morgan fingerprint density at radius 2 is 1.83 bits per heavy atom. The summed E-state index contributed by atoms with van der Waals surface area (Å²) in [6.07, 6.45) is 1.95. The van der Waals surface area contributed by atoms with Crippen LogP contribution in [-0.2, 0) is 0 Å². The minimum Gasteiger partial charge on any atom is -0.493 e. The number of aromatic nitrogens is 1. The topological polar surface area (TPSA) is 31.4 Å². The van der Waals surface area contributed by atoms with Gasteiger partial charge in [0.1, 0.15) is 5.01 Å². The lowest BCUT2D eigenvalue weighted by atomic mass is 10.2. The molecule has 0 saturated carbocycles. The number of methoxy groups -OCH3 is 2. The maximum absolute atomic E-state index is 5.30. The van der Waals surface area contributed by atoms with E-state index >= 15 is 0 Å². The Morgan fingerprint density at radius 1 is 1.11 bits per heavy atom.